The van der Waals surface area contributed by atoms with Crippen LogP contribution in [0.2, 0.25) is 0 Å². The SMILES string of the molecule is Cc1nn(C)c2ncc(CNCC(O)C(C)C)cc12. The molecule has 0 aliphatic carbocycles. The van der Waals surface area contributed by atoms with Crippen molar-refractivity contribution in [2.45, 2.75) is 33.4 Å². The van der Waals surface area contributed by atoms with Crippen LogP contribution in [0.15, 0.2) is 12.3 Å². The second-order valence-electron chi connectivity index (χ2n) is 5.37. The highest BCUT2D eigenvalue weighted by molar-refractivity contribution is 5.78. The van der Waals surface area contributed by atoms with Gasteiger partial charge in [0, 0.05) is 31.7 Å². The third-order valence-corrected chi connectivity index (χ3v) is 3.37. The van der Waals surface area contributed by atoms with Gasteiger partial charge in [-0.15, -0.1) is 0 Å². The Morgan fingerprint density at radius 2 is 2.16 bits per heavy atom. The molecular formula is C14H22N4O. The summed E-state index contributed by atoms with van der Waals surface area (Å²) in [4.78, 5) is 4.43. The van der Waals surface area contributed by atoms with Gasteiger partial charge in [-0.3, -0.25) is 4.68 Å². The number of hydrogen-bond acceptors (Lipinski definition) is 4. The average Bonchev–Trinajstić information content (AvgIpc) is 2.64. The summed E-state index contributed by atoms with van der Waals surface area (Å²) in [6.45, 7) is 7.32. The zero-order valence-electron chi connectivity index (χ0n) is 12.0. The summed E-state index contributed by atoms with van der Waals surface area (Å²) in [6.07, 6.45) is 1.55. The number of aryl methyl sites for hydroxylation is 2. The van der Waals surface area contributed by atoms with Crippen LogP contribution in [0.4, 0.5) is 0 Å². The molecule has 5 heteroatoms. The fraction of sp³-hybridized carbons (Fsp3) is 0.571. The number of hydrogen-bond donors (Lipinski definition) is 2. The van der Waals surface area contributed by atoms with Crippen molar-refractivity contribution in [3.8, 4) is 0 Å². The van der Waals surface area contributed by atoms with Crippen molar-refractivity contribution in [2.75, 3.05) is 6.54 Å². The summed E-state index contributed by atoms with van der Waals surface area (Å²) in [6, 6.07) is 2.11. The summed E-state index contributed by atoms with van der Waals surface area (Å²) in [5, 5.41) is 18.4. The molecule has 0 saturated heterocycles. The largest absolute Gasteiger partial charge is 0.392 e. The van der Waals surface area contributed by atoms with Gasteiger partial charge in [0.05, 0.1) is 11.8 Å². The van der Waals surface area contributed by atoms with Crippen LogP contribution >= 0.6 is 0 Å². The molecule has 0 aliphatic heterocycles. The molecule has 104 valence electrons. The third-order valence-electron chi connectivity index (χ3n) is 3.37. The van der Waals surface area contributed by atoms with Crippen LogP contribution < -0.4 is 5.32 Å². The third kappa shape index (κ3) is 3.11. The van der Waals surface area contributed by atoms with E-state index < -0.39 is 0 Å². The molecule has 0 aromatic carbocycles. The molecule has 0 radical (unpaired) electrons. The number of fused-ring (bicyclic) bond motifs is 1. The minimum atomic E-state index is -0.309. The molecule has 0 saturated carbocycles. The van der Waals surface area contributed by atoms with Crippen LogP contribution in [-0.4, -0.2) is 32.5 Å². The van der Waals surface area contributed by atoms with Crippen LogP contribution in [0.25, 0.3) is 11.0 Å². The molecule has 2 aromatic rings. The first-order chi connectivity index (χ1) is 8.99. The Hall–Kier alpha value is -1.46. The fourth-order valence-electron chi connectivity index (χ4n) is 2.05. The van der Waals surface area contributed by atoms with Gasteiger partial charge in [0.2, 0.25) is 0 Å². The van der Waals surface area contributed by atoms with E-state index in [1.165, 1.54) is 0 Å². The van der Waals surface area contributed by atoms with Crippen LogP contribution in [0, 0.1) is 12.8 Å². The molecule has 1 unspecified atom stereocenters. The fourth-order valence-corrected chi connectivity index (χ4v) is 2.05. The van der Waals surface area contributed by atoms with Gasteiger partial charge in [-0.05, 0) is 24.5 Å². The molecule has 0 bridgehead atoms. The smallest absolute Gasteiger partial charge is 0.157 e. The number of pyridine rings is 1. The summed E-state index contributed by atoms with van der Waals surface area (Å²) < 4.78 is 1.80. The Labute approximate surface area is 113 Å². The van der Waals surface area contributed by atoms with Crippen LogP contribution in [0.3, 0.4) is 0 Å². The molecule has 1 atom stereocenters. The molecule has 2 heterocycles. The predicted octanol–water partition coefficient (Wildman–Crippen LogP) is 1.38. The maximum absolute atomic E-state index is 9.73. The number of aromatic nitrogens is 3. The molecule has 2 rings (SSSR count). The Morgan fingerprint density at radius 1 is 1.42 bits per heavy atom. The highest BCUT2D eigenvalue weighted by atomic mass is 16.3. The predicted molar refractivity (Wildman–Crippen MR) is 75.8 cm³/mol. The Morgan fingerprint density at radius 3 is 2.84 bits per heavy atom. The zero-order valence-corrected chi connectivity index (χ0v) is 12.0. The van der Waals surface area contributed by atoms with Gasteiger partial charge in [-0.1, -0.05) is 13.8 Å². The molecular weight excluding hydrogens is 240 g/mol. The van der Waals surface area contributed by atoms with Crippen molar-refractivity contribution in [3.63, 3.8) is 0 Å². The van der Waals surface area contributed by atoms with Gasteiger partial charge in [-0.2, -0.15) is 5.10 Å². The quantitative estimate of drug-likeness (QED) is 0.854. The monoisotopic (exact) mass is 262 g/mol. The van der Waals surface area contributed by atoms with Crippen molar-refractivity contribution in [3.05, 3.63) is 23.5 Å². The lowest BCUT2D eigenvalue weighted by Gasteiger charge is -2.14. The number of nitrogens with zero attached hydrogens (tertiary/aromatic N) is 3. The zero-order chi connectivity index (χ0) is 14.0. The van der Waals surface area contributed by atoms with E-state index in [9.17, 15) is 5.11 Å². The first-order valence-electron chi connectivity index (χ1n) is 6.66. The van der Waals surface area contributed by atoms with E-state index in [0.717, 1.165) is 22.3 Å². The molecule has 2 aromatic heterocycles. The summed E-state index contributed by atoms with van der Waals surface area (Å²) >= 11 is 0. The summed E-state index contributed by atoms with van der Waals surface area (Å²) in [5.41, 5.74) is 3.01. The molecule has 0 amide bonds. The second-order valence-corrected chi connectivity index (χ2v) is 5.37. The normalized spacial score (nSPS) is 13.4. The van der Waals surface area contributed by atoms with Crippen molar-refractivity contribution in [2.24, 2.45) is 13.0 Å². The lowest BCUT2D eigenvalue weighted by molar-refractivity contribution is 0.123. The van der Waals surface area contributed by atoms with Gasteiger partial charge < -0.3 is 10.4 Å². The van der Waals surface area contributed by atoms with Gasteiger partial charge in [0.25, 0.3) is 0 Å². The molecule has 5 nitrogen and oxygen atoms in total. The van der Waals surface area contributed by atoms with E-state index >= 15 is 0 Å². The summed E-state index contributed by atoms with van der Waals surface area (Å²) in [7, 11) is 1.90. The van der Waals surface area contributed by atoms with E-state index in [0.29, 0.717) is 13.1 Å². The van der Waals surface area contributed by atoms with Gasteiger partial charge in [0.15, 0.2) is 5.65 Å². The van der Waals surface area contributed by atoms with Crippen molar-refractivity contribution < 1.29 is 5.11 Å². The van der Waals surface area contributed by atoms with Crippen LogP contribution in [0.5, 0.6) is 0 Å². The van der Waals surface area contributed by atoms with Crippen molar-refractivity contribution >= 4 is 11.0 Å². The minimum Gasteiger partial charge on any atom is -0.392 e. The standard InChI is InChI=1S/C14H22N4O/c1-9(2)13(19)8-15-6-11-5-12-10(3)17-18(4)14(12)16-7-11/h5,7,9,13,15,19H,6,8H2,1-4H3. The maximum Gasteiger partial charge on any atom is 0.157 e. The van der Waals surface area contributed by atoms with E-state index in [4.69, 9.17) is 0 Å². The lowest BCUT2D eigenvalue weighted by atomic mass is 10.1. The van der Waals surface area contributed by atoms with Gasteiger partial charge in [0.1, 0.15) is 0 Å². The maximum atomic E-state index is 9.73. The number of nitrogens with one attached hydrogen (secondary N) is 1. The second kappa shape index (κ2) is 5.67. The van der Waals surface area contributed by atoms with Gasteiger partial charge >= 0.3 is 0 Å². The van der Waals surface area contributed by atoms with Crippen molar-refractivity contribution in [1.82, 2.24) is 20.1 Å². The lowest BCUT2D eigenvalue weighted by Crippen LogP contribution is -2.30. The Bertz CT molecular complexity index is 562. The average molecular weight is 262 g/mol. The van der Waals surface area contributed by atoms with E-state index in [1.807, 2.05) is 34.0 Å². The topological polar surface area (TPSA) is 63.0 Å². The first kappa shape index (κ1) is 14.0. The van der Waals surface area contributed by atoms with E-state index in [1.54, 1.807) is 4.68 Å². The molecule has 19 heavy (non-hydrogen) atoms. The highest BCUT2D eigenvalue weighted by Gasteiger charge is 2.09. The number of aliphatic hydroxyl groups excluding tert-OH is 1. The van der Waals surface area contributed by atoms with E-state index in [2.05, 4.69) is 21.5 Å². The first-order valence-corrected chi connectivity index (χ1v) is 6.66. The number of rotatable bonds is 5. The Kier molecular flexibility index (Phi) is 4.17. The molecule has 0 fully saturated rings. The van der Waals surface area contributed by atoms with Crippen LogP contribution in [-0.2, 0) is 13.6 Å². The molecule has 2 N–H and O–H groups in total. The number of aliphatic hydroxyl groups is 1. The highest BCUT2D eigenvalue weighted by Crippen LogP contribution is 2.16. The Balaban J connectivity index is 2.04. The van der Waals surface area contributed by atoms with Gasteiger partial charge in [-0.25, -0.2) is 4.98 Å². The molecule has 0 spiro atoms. The van der Waals surface area contributed by atoms with Crippen LogP contribution in [0.1, 0.15) is 25.1 Å². The molecule has 0 aliphatic rings. The summed E-state index contributed by atoms with van der Waals surface area (Å²) in [5.74, 6) is 0.272. The van der Waals surface area contributed by atoms with Crippen molar-refractivity contribution in [1.29, 1.82) is 0 Å². The minimum absolute atomic E-state index is 0.272. The van der Waals surface area contributed by atoms with E-state index in [-0.39, 0.29) is 12.0 Å².